The van der Waals surface area contributed by atoms with Gasteiger partial charge in [0, 0.05) is 51.4 Å². The third-order valence-electron chi connectivity index (χ3n) is 12.9. The Morgan fingerprint density at radius 3 is 1.36 bits per heavy atom. The quantitative estimate of drug-likeness (QED) is 0.0311. The average Bonchev–Trinajstić information content (AvgIpc) is 3.36. The number of amides is 5. The fourth-order valence-electron chi connectivity index (χ4n) is 8.41. The highest BCUT2D eigenvalue weighted by molar-refractivity contribution is 6.06. The van der Waals surface area contributed by atoms with Crippen LogP contribution in [0.15, 0.2) is 0 Å². The largest absolute Gasteiger partial charge is 0.481 e. The molecule has 9 N–H and O–H groups in total. The molecule has 1 aliphatic rings. The van der Waals surface area contributed by atoms with Gasteiger partial charge in [0.15, 0.2) is 7.98 Å². The summed E-state index contributed by atoms with van der Waals surface area (Å²) in [5, 5.41) is 43.8. The van der Waals surface area contributed by atoms with E-state index in [-0.39, 0.29) is 127 Å². The molecule has 420 valence electrons. The second-order valence-electron chi connectivity index (χ2n) is 19.1. The lowest BCUT2D eigenvalue weighted by Gasteiger charge is -2.28. The molecule has 2 unspecified atom stereocenters. The molecule has 0 spiro atoms. The third kappa shape index (κ3) is 40.7. The van der Waals surface area contributed by atoms with E-state index < -0.39 is 30.0 Å². The van der Waals surface area contributed by atoms with Crippen molar-refractivity contribution in [1.82, 2.24) is 31.8 Å². The van der Waals surface area contributed by atoms with E-state index in [1.807, 2.05) is 0 Å². The van der Waals surface area contributed by atoms with Gasteiger partial charge in [-0.3, -0.25) is 33.6 Å². The molecule has 1 rings (SSSR count). The SMILES string of the molecule is BNC(CCCCNC(=O)COCCOCCNC(=O)COCCOCCNC(=O)CCC(NC(=O)C1CCC(CNC(=O)CCCCCCCCCCCCCCCCCCC(=O)O)CC1)C(=O)O)C(=O)O. The predicted molar refractivity (Wildman–Crippen MR) is 277 cm³/mol. The highest BCUT2D eigenvalue weighted by atomic mass is 16.5. The van der Waals surface area contributed by atoms with Gasteiger partial charge in [0.25, 0.3) is 0 Å². The normalized spacial score (nSPS) is 15.2. The van der Waals surface area contributed by atoms with Crippen LogP contribution in [0.25, 0.3) is 0 Å². The summed E-state index contributed by atoms with van der Waals surface area (Å²) in [6, 6.07) is -1.79. The molecule has 1 aliphatic carbocycles. The summed E-state index contributed by atoms with van der Waals surface area (Å²) in [6.45, 7) is 2.35. The van der Waals surface area contributed by atoms with Gasteiger partial charge in [-0.2, -0.15) is 0 Å². The molecule has 0 saturated heterocycles. The first-order chi connectivity index (χ1) is 35.3. The van der Waals surface area contributed by atoms with Crippen LogP contribution in [0.3, 0.4) is 0 Å². The maximum absolute atomic E-state index is 13.0. The summed E-state index contributed by atoms with van der Waals surface area (Å²) in [7, 11) is 1.59. The Labute approximate surface area is 435 Å². The van der Waals surface area contributed by atoms with E-state index in [0.29, 0.717) is 51.6 Å². The van der Waals surface area contributed by atoms with Gasteiger partial charge in [-0.05, 0) is 70.1 Å². The highest BCUT2D eigenvalue weighted by Crippen LogP contribution is 2.29. The molecule has 73 heavy (non-hydrogen) atoms. The zero-order valence-electron chi connectivity index (χ0n) is 44.1. The fraction of sp³-hybridized carbons (Fsp3) is 0.843. The molecule has 0 aliphatic heterocycles. The summed E-state index contributed by atoms with van der Waals surface area (Å²) in [5.41, 5.74) is 0. The lowest BCUT2D eigenvalue weighted by molar-refractivity contribution is -0.143. The van der Waals surface area contributed by atoms with Crippen LogP contribution in [0.5, 0.6) is 0 Å². The van der Waals surface area contributed by atoms with Crippen molar-refractivity contribution in [3.05, 3.63) is 0 Å². The monoisotopic (exact) mass is 1040 g/mol. The van der Waals surface area contributed by atoms with Crippen molar-refractivity contribution in [2.75, 3.05) is 79.0 Å². The second kappa shape index (κ2) is 46.2. The van der Waals surface area contributed by atoms with Crippen molar-refractivity contribution in [3.8, 4) is 0 Å². The fourth-order valence-corrected chi connectivity index (χ4v) is 8.41. The Bertz CT molecular complexity index is 1520. The summed E-state index contributed by atoms with van der Waals surface area (Å²) in [5.74, 6) is -4.08. The van der Waals surface area contributed by atoms with Gasteiger partial charge in [0.05, 0.1) is 45.7 Å². The molecule has 0 heterocycles. The average molecular weight is 1040 g/mol. The number of hydrogen-bond donors (Lipinski definition) is 9. The minimum absolute atomic E-state index is 0.0604. The zero-order valence-corrected chi connectivity index (χ0v) is 44.1. The van der Waals surface area contributed by atoms with E-state index in [2.05, 4.69) is 31.8 Å². The first kappa shape index (κ1) is 66.6. The van der Waals surface area contributed by atoms with Gasteiger partial charge in [0.1, 0.15) is 19.3 Å². The number of rotatable bonds is 50. The van der Waals surface area contributed by atoms with Crippen LogP contribution < -0.4 is 31.8 Å². The van der Waals surface area contributed by atoms with Crippen molar-refractivity contribution < 1.29 is 72.6 Å². The maximum atomic E-state index is 13.0. The van der Waals surface area contributed by atoms with Gasteiger partial charge < -0.3 is 66.1 Å². The van der Waals surface area contributed by atoms with Crippen LogP contribution in [-0.4, -0.2) is 162 Å². The number of ether oxygens (including phenoxy) is 4. The number of carboxylic acids is 3. The Kier molecular flexibility index (Phi) is 42.2. The van der Waals surface area contributed by atoms with Crippen LogP contribution >= 0.6 is 0 Å². The summed E-state index contributed by atoms with van der Waals surface area (Å²) >= 11 is 0. The molecular formula is C51H93BN6O15. The molecule has 0 radical (unpaired) electrons. The van der Waals surface area contributed by atoms with Crippen molar-refractivity contribution >= 4 is 55.4 Å². The van der Waals surface area contributed by atoms with E-state index in [9.17, 15) is 43.5 Å². The highest BCUT2D eigenvalue weighted by Gasteiger charge is 2.30. The second-order valence-corrected chi connectivity index (χ2v) is 19.1. The molecule has 2 atom stereocenters. The van der Waals surface area contributed by atoms with Crippen LogP contribution in [0.1, 0.15) is 173 Å². The number of nitrogens with one attached hydrogen (secondary N) is 6. The first-order valence-corrected chi connectivity index (χ1v) is 27.3. The minimum Gasteiger partial charge on any atom is -0.481 e. The molecule has 0 aromatic heterocycles. The standard InChI is InChI=1S/C51H93BN6O15/c52-58-43(51(68)69)19-17-18-28-53-46(61)38-72-35-34-71-32-30-55-47(62)39-73-36-33-70-31-29-54-45(60)27-26-42(50(66)67)57-49(65)41-24-22-40(23-25-41)37-56-44(59)20-15-13-11-9-7-5-3-1-2-4-6-8-10-12-14-16-21-48(63)64/h40-43,58H,1-39,52H2,(H,53,61)(H,54,60)(H,55,62)(H,56,59)(H,57,65)(H,63,64)(H,66,67)(H,68,69). The number of carbonyl (C=O) groups excluding carboxylic acids is 5. The van der Waals surface area contributed by atoms with E-state index >= 15 is 0 Å². The maximum Gasteiger partial charge on any atom is 0.326 e. The molecular weight excluding hydrogens is 947 g/mol. The number of hydrogen-bond acceptors (Lipinski definition) is 13. The topological polar surface area (TPSA) is 306 Å². The number of unbranched alkanes of at least 4 members (excludes halogenated alkanes) is 16. The Balaban J connectivity index is 1.97. The van der Waals surface area contributed by atoms with Crippen molar-refractivity contribution in [1.29, 1.82) is 0 Å². The molecule has 0 bridgehead atoms. The van der Waals surface area contributed by atoms with Crippen LogP contribution in [-0.2, 0) is 57.3 Å². The lowest BCUT2D eigenvalue weighted by Crippen LogP contribution is -2.45. The first-order valence-electron chi connectivity index (χ1n) is 27.3. The van der Waals surface area contributed by atoms with E-state index in [0.717, 1.165) is 51.4 Å². The third-order valence-corrected chi connectivity index (χ3v) is 12.9. The van der Waals surface area contributed by atoms with E-state index in [4.69, 9.17) is 29.2 Å². The van der Waals surface area contributed by atoms with Crippen LogP contribution in [0, 0.1) is 11.8 Å². The van der Waals surface area contributed by atoms with E-state index in [1.54, 1.807) is 7.98 Å². The van der Waals surface area contributed by atoms with Gasteiger partial charge in [-0.15, -0.1) is 0 Å². The molecule has 5 amide bonds. The summed E-state index contributed by atoms with van der Waals surface area (Å²) in [4.78, 5) is 95.0. The molecule has 1 saturated carbocycles. The van der Waals surface area contributed by atoms with Gasteiger partial charge in [0.2, 0.25) is 29.5 Å². The lowest BCUT2D eigenvalue weighted by atomic mass is 9.81. The van der Waals surface area contributed by atoms with Crippen molar-refractivity contribution in [2.24, 2.45) is 11.8 Å². The molecule has 21 nitrogen and oxygen atoms in total. The van der Waals surface area contributed by atoms with Crippen molar-refractivity contribution in [2.45, 2.75) is 185 Å². The molecule has 0 aromatic carbocycles. The Morgan fingerprint density at radius 2 is 0.877 bits per heavy atom. The summed E-state index contributed by atoms with van der Waals surface area (Å²) in [6.07, 6.45) is 23.9. The van der Waals surface area contributed by atoms with Crippen molar-refractivity contribution in [3.63, 3.8) is 0 Å². The van der Waals surface area contributed by atoms with Crippen LogP contribution in [0.2, 0.25) is 0 Å². The summed E-state index contributed by atoms with van der Waals surface area (Å²) < 4.78 is 21.4. The Morgan fingerprint density at radius 1 is 0.438 bits per heavy atom. The molecule has 1 fully saturated rings. The predicted octanol–water partition coefficient (Wildman–Crippen LogP) is 3.54. The smallest absolute Gasteiger partial charge is 0.326 e. The molecule has 0 aromatic rings. The number of carboxylic acid groups (broad SMARTS) is 3. The van der Waals surface area contributed by atoms with Gasteiger partial charge in [-0.1, -0.05) is 89.9 Å². The van der Waals surface area contributed by atoms with Gasteiger partial charge >= 0.3 is 17.9 Å². The minimum atomic E-state index is -1.21. The van der Waals surface area contributed by atoms with Gasteiger partial charge in [-0.25, -0.2) is 4.79 Å². The molecule has 22 heteroatoms. The zero-order chi connectivity index (χ0) is 53.6. The van der Waals surface area contributed by atoms with Crippen LogP contribution in [0.4, 0.5) is 0 Å². The number of carbonyl (C=O) groups is 8. The van der Waals surface area contributed by atoms with E-state index in [1.165, 1.54) is 64.2 Å². The number of aliphatic carboxylic acids is 3. The Hall–Kier alpha value is -4.38.